The summed E-state index contributed by atoms with van der Waals surface area (Å²) in [7, 11) is 0. The molecule has 0 bridgehead atoms. The molecule has 0 unspecified atom stereocenters. The maximum absolute atomic E-state index is 12.3. The molecule has 2 fully saturated rings. The summed E-state index contributed by atoms with van der Waals surface area (Å²) in [6.07, 6.45) is 9.05. The highest BCUT2D eigenvalue weighted by molar-refractivity contribution is 6.18. The Morgan fingerprint density at radius 2 is 1.75 bits per heavy atom. The predicted molar refractivity (Wildman–Crippen MR) is 66.6 cm³/mol. The van der Waals surface area contributed by atoms with Crippen LogP contribution in [0, 0.1) is 5.41 Å². The molecule has 0 atom stereocenters. The zero-order chi connectivity index (χ0) is 11.6. The van der Waals surface area contributed by atoms with Crippen LogP contribution in [-0.2, 0) is 4.79 Å². The Kier molecular flexibility index (Phi) is 3.48. The molecule has 2 aliphatic carbocycles. The molecule has 2 nitrogen and oxygen atoms in total. The van der Waals surface area contributed by atoms with Crippen molar-refractivity contribution in [2.75, 3.05) is 5.88 Å². The van der Waals surface area contributed by atoms with Crippen molar-refractivity contribution in [2.24, 2.45) is 5.41 Å². The third kappa shape index (κ3) is 2.22. The smallest absolute Gasteiger partial charge is 0.226 e. The fraction of sp³-hybridized carbons (Fsp3) is 0.923. The Labute approximate surface area is 103 Å². The molecule has 3 heteroatoms. The van der Waals surface area contributed by atoms with Gasteiger partial charge in [0.2, 0.25) is 5.91 Å². The molecule has 92 valence electrons. The van der Waals surface area contributed by atoms with Crippen LogP contribution in [0.3, 0.4) is 0 Å². The highest BCUT2D eigenvalue weighted by Gasteiger charge is 2.42. The second-order valence-electron chi connectivity index (χ2n) is 5.84. The van der Waals surface area contributed by atoms with Crippen LogP contribution in [0.2, 0.25) is 0 Å². The molecule has 0 aromatic carbocycles. The van der Waals surface area contributed by atoms with Crippen molar-refractivity contribution in [3.8, 4) is 0 Å². The minimum atomic E-state index is -0.132. The SMILES string of the molecule is CC1(C(=O)NC2(CCl)CCC2)CCCCC1. The summed E-state index contributed by atoms with van der Waals surface area (Å²) < 4.78 is 0. The molecule has 2 saturated carbocycles. The lowest BCUT2D eigenvalue weighted by molar-refractivity contribution is -0.134. The Morgan fingerprint density at radius 3 is 2.19 bits per heavy atom. The molecule has 1 N–H and O–H groups in total. The number of hydrogen-bond donors (Lipinski definition) is 1. The van der Waals surface area contributed by atoms with E-state index >= 15 is 0 Å². The van der Waals surface area contributed by atoms with Crippen LogP contribution in [0.1, 0.15) is 58.3 Å². The van der Waals surface area contributed by atoms with Crippen LogP contribution in [0.4, 0.5) is 0 Å². The summed E-state index contributed by atoms with van der Waals surface area (Å²) >= 11 is 5.97. The van der Waals surface area contributed by atoms with Crippen molar-refractivity contribution < 1.29 is 4.79 Å². The first-order valence-electron chi connectivity index (χ1n) is 6.49. The van der Waals surface area contributed by atoms with E-state index in [1.807, 2.05) is 0 Å². The van der Waals surface area contributed by atoms with E-state index in [4.69, 9.17) is 11.6 Å². The normalized spacial score (nSPS) is 26.9. The maximum atomic E-state index is 12.3. The van der Waals surface area contributed by atoms with E-state index in [1.54, 1.807) is 0 Å². The highest BCUT2D eigenvalue weighted by atomic mass is 35.5. The van der Waals surface area contributed by atoms with Crippen LogP contribution in [0.15, 0.2) is 0 Å². The maximum Gasteiger partial charge on any atom is 0.226 e. The number of hydrogen-bond acceptors (Lipinski definition) is 1. The summed E-state index contributed by atoms with van der Waals surface area (Å²) in [6.45, 7) is 2.11. The van der Waals surface area contributed by atoms with E-state index in [0.29, 0.717) is 5.88 Å². The van der Waals surface area contributed by atoms with Crippen molar-refractivity contribution in [1.82, 2.24) is 5.32 Å². The Bertz CT molecular complexity index is 262. The van der Waals surface area contributed by atoms with Crippen LogP contribution < -0.4 is 5.32 Å². The van der Waals surface area contributed by atoms with Gasteiger partial charge >= 0.3 is 0 Å². The van der Waals surface area contributed by atoms with Crippen molar-refractivity contribution in [3.63, 3.8) is 0 Å². The second-order valence-corrected chi connectivity index (χ2v) is 6.11. The van der Waals surface area contributed by atoms with Crippen molar-refractivity contribution in [3.05, 3.63) is 0 Å². The number of nitrogens with one attached hydrogen (secondary N) is 1. The number of halogens is 1. The Morgan fingerprint density at radius 1 is 1.12 bits per heavy atom. The third-order valence-electron chi connectivity index (χ3n) is 4.45. The molecule has 0 aromatic heterocycles. The summed E-state index contributed by atoms with van der Waals surface area (Å²) in [5, 5.41) is 3.22. The van der Waals surface area contributed by atoms with E-state index in [1.165, 1.54) is 25.7 Å². The molecule has 0 saturated heterocycles. The van der Waals surface area contributed by atoms with Crippen LogP contribution in [-0.4, -0.2) is 17.3 Å². The van der Waals surface area contributed by atoms with Gasteiger partial charge in [0, 0.05) is 11.3 Å². The van der Waals surface area contributed by atoms with Gasteiger partial charge in [0.1, 0.15) is 0 Å². The fourth-order valence-corrected chi connectivity index (χ4v) is 3.18. The molecule has 0 heterocycles. The summed E-state index contributed by atoms with van der Waals surface area (Å²) in [5.41, 5.74) is -0.202. The van der Waals surface area contributed by atoms with Crippen molar-refractivity contribution >= 4 is 17.5 Å². The first-order chi connectivity index (χ1) is 7.60. The predicted octanol–water partition coefficient (Wildman–Crippen LogP) is 3.23. The first-order valence-corrected chi connectivity index (χ1v) is 7.02. The van der Waals surface area contributed by atoms with Crippen molar-refractivity contribution in [2.45, 2.75) is 63.8 Å². The average molecular weight is 244 g/mol. The molecule has 16 heavy (non-hydrogen) atoms. The van der Waals surface area contributed by atoms with Crippen molar-refractivity contribution in [1.29, 1.82) is 0 Å². The quantitative estimate of drug-likeness (QED) is 0.758. The standard InChI is InChI=1S/C13H22ClNO/c1-12(6-3-2-4-7-12)11(16)15-13(10-14)8-5-9-13/h2-10H2,1H3,(H,15,16). The topological polar surface area (TPSA) is 29.1 Å². The van der Waals surface area contributed by atoms with Gasteiger partial charge in [-0.1, -0.05) is 26.2 Å². The van der Waals surface area contributed by atoms with E-state index in [0.717, 1.165) is 25.7 Å². The lowest BCUT2D eigenvalue weighted by Gasteiger charge is -2.44. The van der Waals surface area contributed by atoms with Gasteiger partial charge in [0.25, 0.3) is 0 Å². The minimum absolute atomic E-state index is 0.0703. The number of carbonyl (C=O) groups excluding carboxylic acids is 1. The van der Waals surface area contributed by atoms with Crippen LogP contribution in [0.25, 0.3) is 0 Å². The Hall–Kier alpha value is -0.240. The zero-order valence-corrected chi connectivity index (χ0v) is 10.9. The van der Waals surface area contributed by atoms with E-state index in [9.17, 15) is 4.79 Å². The van der Waals surface area contributed by atoms with Gasteiger partial charge in [0.15, 0.2) is 0 Å². The third-order valence-corrected chi connectivity index (χ3v) is 4.96. The first kappa shape index (κ1) is 12.2. The molecule has 2 aliphatic rings. The lowest BCUT2D eigenvalue weighted by Crippen LogP contribution is -2.58. The second kappa shape index (κ2) is 4.56. The average Bonchev–Trinajstić information content (AvgIpc) is 2.24. The molecule has 0 aromatic rings. The number of amides is 1. The number of rotatable bonds is 3. The molecule has 0 radical (unpaired) electrons. The van der Waals surface area contributed by atoms with Gasteiger partial charge in [-0.2, -0.15) is 0 Å². The summed E-state index contributed by atoms with van der Waals surface area (Å²) in [6, 6.07) is 0. The van der Waals surface area contributed by atoms with Gasteiger partial charge in [-0.05, 0) is 32.1 Å². The molecular weight excluding hydrogens is 222 g/mol. The molecule has 1 amide bonds. The van der Waals surface area contributed by atoms with E-state index < -0.39 is 0 Å². The van der Waals surface area contributed by atoms with E-state index in [2.05, 4.69) is 12.2 Å². The zero-order valence-electron chi connectivity index (χ0n) is 10.2. The van der Waals surface area contributed by atoms with Crippen LogP contribution in [0.5, 0.6) is 0 Å². The number of alkyl halides is 1. The van der Waals surface area contributed by atoms with Gasteiger partial charge in [-0.15, -0.1) is 11.6 Å². The van der Waals surface area contributed by atoms with Crippen LogP contribution >= 0.6 is 11.6 Å². The van der Waals surface area contributed by atoms with Gasteiger partial charge in [0.05, 0.1) is 5.54 Å². The fourth-order valence-electron chi connectivity index (χ4n) is 2.85. The molecule has 2 rings (SSSR count). The lowest BCUT2D eigenvalue weighted by atomic mass is 9.72. The monoisotopic (exact) mass is 243 g/mol. The van der Waals surface area contributed by atoms with E-state index in [-0.39, 0.29) is 16.9 Å². The highest BCUT2D eigenvalue weighted by Crippen LogP contribution is 2.39. The molecule has 0 aliphatic heterocycles. The molecule has 0 spiro atoms. The number of carbonyl (C=O) groups is 1. The minimum Gasteiger partial charge on any atom is -0.349 e. The summed E-state index contributed by atoms with van der Waals surface area (Å²) in [5.74, 6) is 0.807. The summed E-state index contributed by atoms with van der Waals surface area (Å²) in [4.78, 5) is 12.3. The largest absolute Gasteiger partial charge is 0.349 e. The van der Waals surface area contributed by atoms with Gasteiger partial charge < -0.3 is 5.32 Å². The van der Waals surface area contributed by atoms with Gasteiger partial charge in [-0.3, -0.25) is 4.79 Å². The molecular formula is C13H22ClNO. The van der Waals surface area contributed by atoms with Gasteiger partial charge in [-0.25, -0.2) is 0 Å². The Balaban J connectivity index is 1.96.